The van der Waals surface area contributed by atoms with Crippen LogP contribution in [0, 0.1) is 15.5 Å². The molecule has 2 rings (SSSR count). The summed E-state index contributed by atoms with van der Waals surface area (Å²) in [5, 5.41) is 11.6. The second-order valence-corrected chi connectivity index (χ2v) is 5.08. The van der Waals surface area contributed by atoms with Crippen LogP contribution in [-0.4, -0.2) is 24.0 Å². The third-order valence-corrected chi connectivity index (χ3v) is 4.32. The molecule has 5 nitrogen and oxygen atoms in total. The first-order valence-corrected chi connectivity index (χ1v) is 6.73. The lowest BCUT2D eigenvalue weighted by Gasteiger charge is -2.15. The largest absolute Gasteiger partial charge is 0.493 e. The molecule has 1 saturated carbocycles. The van der Waals surface area contributed by atoms with E-state index in [4.69, 9.17) is 9.47 Å². The number of rotatable bonds is 6. The first-order chi connectivity index (χ1) is 8.60. The molecule has 0 spiro atoms. The lowest BCUT2D eigenvalue weighted by molar-refractivity contribution is -0.384. The molecule has 0 unspecified atom stereocenters. The van der Waals surface area contributed by atoms with E-state index in [1.807, 2.05) is 0 Å². The minimum atomic E-state index is -0.451. The quantitative estimate of drug-likeness (QED) is 0.459. The van der Waals surface area contributed by atoms with E-state index in [2.05, 4.69) is 15.9 Å². The molecule has 0 saturated heterocycles. The van der Waals surface area contributed by atoms with E-state index in [1.165, 1.54) is 19.2 Å². The van der Waals surface area contributed by atoms with Gasteiger partial charge in [-0.2, -0.15) is 0 Å². The number of ether oxygens (including phenoxy) is 2. The first-order valence-electron chi connectivity index (χ1n) is 5.61. The normalized spacial score (nSPS) is 16.1. The van der Waals surface area contributed by atoms with Gasteiger partial charge in [0.15, 0.2) is 11.5 Å². The number of halogens is 1. The third-order valence-electron chi connectivity index (χ3n) is 3.13. The summed E-state index contributed by atoms with van der Waals surface area (Å²) >= 11 is 3.47. The highest BCUT2D eigenvalue weighted by Gasteiger charge is 2.42. The highest BCUT2D eigenvalue weighted by atomic mass is 79.9. The van der Waals surface area contributed by atoms with E-state index in [0.29, 0.717) is 18.1 Å². The van der Waals surface area contributed by atoms with Gasteiger partial charge in [0, 0.05) is 16.8 Å². The van der Waals surface area contributed by atoms with Crippen molar-refractivity contribution in [1.29, 1.82) is 0 Å². The fraction of sp³-hybridized carbons (Fsp3) is 0.500. The molecule has 98 valence electrons. The van der Waals surface area contributed by atoms with Crippen LogP contribution in [0.2, 0.25) is 0 Å². The van der Waals surface area contributed by atoms with Crippen LogP contribution < -0.4 is 9.47 Å². The molecule has 1 aromatic carbocycles. The minimum absolute atomic E-state index is 0.000765. The highest BCUT2D eigenvalue weighted by molar-refractivity contribution is 9.09. The Morgan fingerprint density at radius 1 is 1.44 bits per heavy atom. The molecular weight excluding hydrogens is 302 g/mol. The molecule has 0 atom stereocenters. The summed E-state index contributed by atoms with van der Waals surface area (Å²) in [5.41, 5.74) is 0.230. The molecule has 0 bridgehead atoms. The van der Waals surface area contributed by atoms with Crippen LogP contribution in [0.25, 0.3) is 0 Å². The third kappa shape index (κ3) is 2.75. The SMILES string of the molecule is COc1cc([N+](=O)[O-])ccc1OCC1(CBr)CC1. The number of benzene rings is 1. The number of nitrogens with zero attached hydrogens (tertiary/aromatic N) is 1. The number of non-ortho nitro benzene ring substituents is 1. The predicted octanol–water partition coefficient (Wildman–Crippen LogP) is 3.16. The summed E-state index contributed by atoms with van der Waals surface area (Å²) in [6, 6.07) is 4.38. The lowest BCUT2D eigenvalue weighted by atomic mass is 10.2. The molecule has 6 heteroatoms. The fourth-order valence-corrected chi connectivity index (χ4v) is 2.34. The van der Waals surface area contributed by atoms with Gasteiger partial charge in [0.1, 0.15) is 0 Å². The number of hydrogen-bond acceptors (Lipinski definition) is 4. The Labute approximate surface area is 113 Å². The summed E-state index contributed by atoms with van der Waals surface area (Å²) in [6.07, 6.45) is 2.29. The molecule has 0 aromatic heterocycles. The molecule has 0 aliphatic heterocycles. The Morgan fingerprint density at radius 3 is 2.67 bits per heavy atom. The molecule has 0 radical (unpaired) electrons. The maximum absolute atomic E-state index is 10.7. The number of alkyl halides is 1. The summed E-state index contributed by atoms with van der Waals surface area (Å²) in [5.74, 6) is 0.949. The van der Waals surface area contributed by atoms with Crippen LogP contribution in [0.1, 0.15) is 12.8 Å². The van der Waals surface area contributed by atoms with Gasteiger partial charge in [-0.3, -0.25) is 10.1 Å². The summed E-state index contributed by atoms with van der Waals surface area (Å²) in [6.45, 7) is 0.604. The van der Waals surface area contributed by atoms with E-state index < -0.39 is 4.92 Å². The molecular formula is C12H14BrNO4. The molecule has 1 aliphatic carbocycles. The Morgan fingerprint density at radius 2 is 2.17 bits per heavy atom. The van der Waals surface area contributed by atoms with Gasteiger partial charge in [-0.25, -0.2) is 0 Å². The molecule has 1 aromatic rings. The van der Waals surface area contributed by atoms with Crippen molar-refractivity contribution in [1.82, 2.24) is 0 Å². The van der Waals surface area contributed by atoms with Crippen LogP contribution in [0.15, 0.2) is 18.2 Å². The average molecular weight is 316 g/mol. The Balaban J connectivity index is 2.10. The van der Waals surface area contributed by atoms with Gasteiger partial charge in [0.05, 0.1) is 24.7 Å². The van der Waals surface area contributed by atoms with Crippen LogP contribution in [0.4, 0.5) is 5.69 Å². The molecule has 1 aliphatic rings. The van der Waals surface area contributed by atoms with Gasteiger partial charge in [0.25, 0.3) is 5.69 Å². The van der Waals surface area contributed by atoms with Crippen molar-refractivity contribution < 1.29 is 14.4 Å². The summed E-state index contributed by atoms with van der Waals surface area (Å²) in [4.78, 5) is 10.2. The van der Waals surface area contributed by atoms with Gasteiger partial charge in [0.2, 0.25) is 0 Å². The lowest BCUT2D eigenvalue weighted by Crippen LogP contribution is -2.14. The maximum atomic E-state index is 10.7. The Bertz CT molecular complexity index is 459. The molecule has 18 heavy (non-hydrogen) atoms. The fourth-order valence-electron chi connectivity index (χ4n) is 1.61. The zero-order valence-corrected chi connectivity index (χ0v) is 11.6. The van der Waals surface area contributed by atoms with E-state index >= 15 is 0 Å². The molecule has 0 N–H and O–H groups in total. The first kappa shape index (κ1) is 13.1. The van der Waals surface area contributed by atoms with Crippen molar-refractivity contribution in [2.24, 2.45) is 5.41 Å². The van der Waals surface area contributed by atoms with Crippen molar-refractivity contribution >= 4 is 21.6 Å². The second kappa shape index (κ2) is 5.14. The van der Waals surface area contributed by atoms with E-state index in [-0.39, 0.29) is 11.1 Å². The predicted molar refractivity (Wildman–Crippen MR) is 70.6 cm³/mol. The van der Waals surface area contributed by atoms with E-state index in [9.17, 15) is 10.1 Å². The summed E-state index contributed by atoms with van der Waals surface area (Å²) < 4.78 is 10.8. The van der Waals surface area contributed by atoms with E-state index in [0.717, 1.165) is 18.2 Å². The monoisotopic (exact) mass is 315 g/mol. The zero-order valence-electron chi connectivity index (χ0n) is 10.0. The van der Waals surface area contributed by atoms with Gasteiger partial charge in [-0.1, -0.05) is 15.9 Å². The molecule has 0 heterocycles. The van der Waals surface area contributed by atoms with Gasteiger partial charge in [-0.05, 0) is 18.9 Å². The number of methoxy groups -OCH3 is 1. The average Bonchev–Trinajstić information content (AvgIpc) is 3.16. The number of hydrogen-bond donors (Lipinski definition) is 0. The second-order valence-electron chi connectivity index (χ2n) is 4.51. The summed E-state index contributed by atoms with van der Waals surface area (Å²) in [7, 11) is 1.48. The minimum Gasteiger partial charge on any atom is -0.493 e. The smallest absolute Gasteiger partial charge is 0.273 e. The van der Waals surface area contributed by atoms with Gasteiger partial charge in [-0.15, -0.1) is 0 Å². The van der Waals surface area contributed by atoms with Crippen LogP contribution >= 0.6 is 15.9 Å². The Hall–Kier alpha value is -1.30. The van der Waals surface area contributed by atoms with Crippen LogP contribution in [-0.2, 0) is 0 Å². The van der Waals surface area contributed by atoms with Gasteiger partial charge >= 0.3 is 0 Å². The van der Waals surface area contributed by atoms with Crippen LogP contribution in [0.3, 0.4) is 0 Å². The number of nitro benzene ring substituents is 1. The van der Waals surface area contributed by atoms with Crippen molar-refractivity contribution in [3.63, 3.8) is 0 Å². The molecule has 0 amide bonds. The number of nitro groups is 1. The standard InChI is InChI=1S/C12H14BrNO4/c1-17-11-6-9(14(15)16)2-3-10(11)18-8-12(7-13)4-5-12/h2-3,6H,4-5,7-8H2,1H3. The van der Waals surface area contributed by atoms with Crippen molar-refractivity contribution in [2.45, 2.75) is 12.8 Å². The van der Waals surface area contributed by atoms with Gasteiger partial charge < -0.3 is 9.47 Å². The maximum Gasteiger partial charge on any atom is 0.273 e. The topological polar surface area (TPSA) is 61.6 Å². The Kier molecular flexibility index (Phi) is 3.75. The zero-order chi connectivity index (χ0) is 13.2. The van der Waals surface area contributed by atoms with Crippen molar-refractivity contribution in [3.05, 3.63) is 28.3 Å². The highest BCUT2D eigenvalue weighted by Crippen LogP contribution is 2.47. The van der Waals surface area contributed by atoms with Crippen molar-refractivity contribution in [3.8, 4) is 11.5 Å². The molecule has 1 fully saturated rings. The van der Waals surface area contributed by atoms with Crippen molar-refractivity contribution in [2.75, 3.05) is 19.0 Å². The van der Waals surface area contributed by atoms with E-state index in [1.54, 1.807) is 6.07 Å². The van der Waals surface area contributed by atoms with Crippen LogP contribution in [0.5, 0.6) is 11.5 Å².